The van der Waals surface area contributed by atoms with Crippen molar-refractivity contribution in [3.8, 4) is 5.75 Å². The van der Waals surface area contributed by atoms with E-state index in [0.717, 1.165) is 24.2 Å². The number of methoxy groups -OCH3 is 1. The van der Waals surface area contributed by atoms with E-state index in [-0.39, 0.29) is 6.04 Å². The van der Waals surface area contributed by atoms with Gasteiger partial charge in [0.25, 0.3) is 0 Å². The van der Waals surface area contributed by atoms with E-state index < -0.39 is 0 Å². The summed E-state index contributed by atoms with van der Waals surface area (Å²) in [6, 6.07) is 7.91. The molecule has 1 fully saturated rings. The van der Waals surface area contributed by atoms with E-state index in [0.29, 0.717) is 24.5 Å². The van der Waals surface area contributed by atoms with Gasteiger partial charge < -0.3 is 10.5 Å². The molecular weight excluding hydrogens is 214 g/mol. The van der Waals surface area contributed by atoms with Gasteiger partial charge in [-0.3, -0.25) is 4.79 Å². The number of ether oxygens (including phenoxy) is 1. The Morgan fingerprint density at radius 1 is 1.35 bits per heavy atom. The van der Waals surface area contributed by atoms with Gasteiger partial charge in [-0.25, -0.2) is 0 Å². The van der Waals surface area contributed by atoms with Crippen LogP contribution in [-0.4, -0.2) is 12.9 Å². The van der Waals surface area contributed by atoms with Crippen LogP contribution in [0.15, 0.2) is 24.3 Å². The zero-order valence-electron chi connectivity index (χ0n) is 10.2. The monoisotopic (exact) mass is 233 g/mol. The first-order valence-corrected chi connectivity index (χ1v) is 6.12. The Balaban J connectivity index is 2.07. The molecule has 1 unspecified atom stereocenters. The summed E-state index contributed by atoms with van der Waals surface area (Å²) in [6.45, 7) is 0. The lowest BCUT2D eigenvalue weighted by atomic mass is 9.81. The van der Waals surface area contributed by atoms with E-state index in [9.17, 15) is 4.79 Å². The molecule has 0 radical (unpaired) electrons. The van der Waals surface area contributed by atoms with Gasteiger partial charge in [0.05, 0.1) is 7.11 Å². The molecule has 1 aliphatic carbocycles. The van der Waals surface area contributed by atoms with Crippen LogP contribution < -0.4 is 10.5 Å². The fourth-order valence-electron chi connectivity index (χ4n) is 2.44. The van der Waals surface area contributed by atoms with Crippen molar-refractivity contribution in [3.63, 3.8) is 0 Å². The molecule has 0 saturated heterocycles. The first-order valence-electron chi connectivity index (χ1n) is 6.12. The van der Waals surface area contributed by atoms with Crippen LogP contribution in [0.25, 0.3) is 0 Å². The van der Waals surface area contributed by atoms with E-state index >= 15 is 0 Å². The van der Waals surface area contributed by atoms with Crippen molar-refractivity contribution in [1.29, 1.82) is 0 Å². The Hall–Kier alpha value is -1.35. The maximum absolute atomic E-state index is 11.2. The van der Waals surface area contributed by atoms with Gasteiger partial charge in [-0.1, -0.05) is 12.1 Å². The topological polar surface area (TPSA) is 52.3 Å². The molecule has 1 aromatic rings. The summed E-state index contributed by atoms with van der Waals surface area (Å²) in [7, 11) is 1.66. The fraction of sp³-hybridized carbons (Fsp3) is 0.500. The van der Waals surface area contributed by atoms with Crippen molar-refractivity contribution < 1.29 is 9.53 Å². The van der Waals surface area contributed by atoms with Gasteiger partial charge in [0.1, 0.15) is 11.5 Å². The second-order valence-corrected chi connectivity index (χ2v) is 4.68. The standard InChI is InChI=1S/C14H19NO2/c1-17-13-4-2-3-11(9-13)14(15)10-5-7-12(16)8-6-10/h2-4,9-10,14H,5-8,15H2,1H3. The second kappa shape index (κ2) is 5.32. The highest BCUT2D eigenvalue weighted by molar-refractivity contribution is 5.79. The third-order valence-electron chi connectivity index (χ3n) is 3.57. The van der Waals surface area contributed by atoms with Crippen LogP contribution in [0.2, 0.25) is 0 Å². The SMILES string of the molecule is COc1cccc(C(N)C2CCC(=O)CC2)c1. The van der Waals surface area contributed by atoms with Crippen molar-refractivity contribution in [1.82, 2.24) is 0 Å². The smallest absolute Gasteiger partial charge is 0.132 e. The third kappa shape index (κ3) is 2.86. The number of benzene rings is 1. The number of rotatable bonds is 3. The van der Waals surface area contributed by atoms with Crippen LogP contribution in [0.5, 0.6) is 5.75 Å². The van der Waals surface area contributed by atoms with Crippen LogP contribution in [-0.2, 0) is 4.79 Å². The highest BCUT2D eigenvalue weighted by Crippen LogP contribution is 2.32. The zero-order chi connectivity index (χ0) is 12.3. The van der Waals surface area contributed by atoms with Crippen LogP contribution in [0.1, 0.15) is 37.3 Å². The lowest BCUT2D eigenvalue weighted by molar-refractivity contribution is -0.121. The number of hydrogen-bond donors (Lipinski definition) is 1. The van der Waals surface area contributed by atoms with Crippen molar-refractivity contribution in [3.05, 3.63) is 29.8 Å². The predicted octanol–water partition coefficient (Wildman–Crippen LogP) is 2.45. The molecule has 0 aliphatic heterocycles. The van der Waals surface area contributed by atoms with Crippen molar-refractivity contribution in [2.75, 3.05) is 7.11 Å². The van der Waals surface area contributed by atoms with Crippen LogP contribution >= 0.6 is 0 Å². The number of carbonyl (C=O) groups is 1. The van der Waals surface area contributed by atoms with Crippen LogP contribution in [0.3, 0.4) is 0 Å². The first kappa shape index (κ1) is 12.1. The van der Waals surface area contributed by atoms with Gasteiger partial charge in [0.15, 0.2) is 0 Å². The molecule has 0 heterocycles. The lowest BCUT2D eigenvalue weighted by Gasteiger charge is -2.27. The summed E-state index contributed by atoms with van der Waals surface area (Å²) in [5.41, 5.74) is 7.37. The Kier molecular flexibility index (Phi) is 3.79. The van der Waals surface area contributed by atoms with Crippen molar-refractivity contribution >= 4 is 5.78 Å². The van der Waals surface area contributed by atoms with E-state index in [2.05, 4.69) is 0 Å². The first-order chi connectivity index (χ1) is 8.20. The largest absolute Gasteiger partial charge is 0.497 e. The average Bonchev–Trinajstić information content (AvgIpc) is 2.39. The Morgan fingerprint density at radius 3 is 2.71 bits per heavy atom. The minimum Gasteiger partial charge on any atom is -0.497 e. The van der Waals surface area contributed by atoms with E-state index in [4.69, 9.17) is 10.5 Å². The molecule has 0 aromatic heterocycles. The van der Waals surface area contributed by atoms with Crippen LogP contribution in [0.4, 0.5) is 0 Å². The molecular formula is C14H19NO2. The zero-order valence-corrected chi connectivity index (χ0v) is 10.2. The highest BCUT2D eigenvalue weighted by atomic mass is 16.5. The Morgan fingerprint density at radius 2 is 2.06 bits per heavy atom. The molecule has 0 spiro atoms. The number of hydrogen-bond acceptors (Lipinski definition) is 3. The van der Waals surface area contributed by atoms with E-state index in [1.807, 2.05) is 24.3 Å². The normalized spacial score (nSPS) is 19.1. The van der Waals surface area contributed by atoms with Gasteiger partial charge in [-0.15, -0.1) is 0 Å². The highest BCUT2D eigenvalue weighted by Gasteiger charge is 2.25. The molecule has 0 amide bonds. The van der Waals surface area contributed by atoms with Gasteiger partial charge in [0.2, 0.25) is 0 Å². The molecule has 1 aliphatic rings. The van der Waals surface area contributed by atoms with E-state index in [1.165, 1.54) is 0 Å². The van der Waals surface area contributed by atoms with E-state index in [1.54, 1.807) is 7.11 Å². The second-order valence-electron chi connectivity index (χ2n) is 4.68. The number of Topliss-reactive ketones (excluding diaryl/α,β-unsaturated/α-hetero) is 1. The maximum atomic E-state index is 11.2. The molecule has 0 bridgehead atoms. The van der Waals surface area contributed by atoms with Gasteiger partial charge >= 0.3 is 0 Å². The molecule has 2 N–H and O–H groups in total. The Bertz CT molecular complexity index is 393. The summed E-state index contributed by atoms with van der Waals surface area (Å²) in [4.78, 5) is 11.2. The molecule has 1 aromatic carbocycles. The summed E-state index contributed by atoms with van der Waals surface area (Å²) < 4.78 is 5.20. The quantitative estimate of drug-likeness (QED) is 0.872. The van der Waals surface area contributed by atoms with Gasteiger partial charge in [-0.05, 0) is 36.5 Å². The molecule has 2 rings (SSSR count). The maximum Gasteiger partial charge on any atom is 0.132 e. The number of carbonyl (C=O) groups excluding carboxylic acids is 1. The average molecular weight is 233 g/mol. The Labute approximate surface area is 102 Å². The molecule has 1 atom stereocenters. The van der Waals surface area contributed by atoms with Crippen molar-refractivity contribution in [2.45, 2.75) is 31.7 Å². The number of ketones is 1. The number of nitrogens with two attached hydrogens (primary N) is 1. The summed E-state index contributed by atoms with van der Waals surface area (Å²) in [5, 5.41) is 0. The van der Waals surface area contributed by atoms with Gasteiger partial charge in [-0.2, -0.15) is 0 Å². The lowest BCUT2D eigenvalue weighted by Crippen LogP contribution is -2.26. The predicted molar refractivity (Wildman–Crippen MR) is 66.9 cm³/mol. The molecule has 1 saturated carbocycles. The minimum atomic E-state index is 0.0122. The minimum absolute atomic E-state index is 0.0122. The van der Waals surface area contributed by atoms with Crippen LogP contribution in [0, 0.1) is 5.92 Å². The summed E-state index contributed by atoms with van der Waals surface area (Å²) in [5.74, 6) is 1.63. The summed E-state index contributed by atoms with van der Waals surface area (Å²) in [6.07, 6.45) is 3.19. The summed E-state index contributed by atoms with van der Waals surface area (Å²) >= 11 is 0. The molecule has 3 nitrogen and oxygen atoms in total. The molecule has 3 heteroatoms. The molecule has 17 heavy (non-hydrogen) atoms. The fourth-order valence-corrected chi connectivity index (χ4v) is 2.44. The third-order valence-corrected chi connectivity index (χ3v) is 3.57. The van der Waals surface area contributed by atoms with Gasteiger partial charge in [0, 0.05) is 18.9 Å². The van der Waals surface area contributed by atoms with Crippen molar-refractivity contribution in [2.24, 2.45) is 11.7 Å². The molecule has 92 valence electrons.